The number of nitrogens with zero attached hydrogens (tertiary/aromatic N) is 2. The summed E-state index contributed by atoms with van der Waals surface area (Å²) in [6, 6.07) is 22.9. The smallest absolute Gasteiger partial charge is 0.263 e. The van der Waals surface area contributed by atoms with E-state index in [1.807, 2.05) is 67.6 Å². The summed E-state index contributed by atoms with van der Waals surface area (Å²) in [6.07, 6.45) is 1.72. The van der Waals surface area contributed by atoms with Gasteiger partial charge in [-0.15, -0.1) is 0 Å². The molecule has 0 aliphatic rings. The summed E-state index contributed by atoms with van der Waals surface area (Å²) in [6.45, 7) is 3.40. The highest BCUT2D eigenvalue weighted by molar-refractivity contribution is 5.93. The number of carbonyl (C=O) groups is 1. The lowest BCUT2D eigenvalue weighted by molar-refractivity contribution is 0.0750. The Morgan fingerprint density at radius 1 is 0.885 bits per heavy atom. The van der Waals surface area contributed by atoms with Gasteiger partial charge in [-0.05, 0) is 30.2 Å². The van der Waals surface area contributed by atoms with E-state index in [9.17, 15) is 9.59 Å². The molecule has 0 bridgehead atoms. The van der Waals surface area contributed by atoms with E-state index in [1.54, 1.807) is 27.8 Å². The van der Waals surface area contributed by atoms with Crippen LogP contribution in [-0.2, 0) is 13.1 Å². The van der Waals surface area contributed by atoms with Gasteiger partial charge < -0.3 is 9.47 Å². The number of hydrogen-bond donors (Lipinski definition) is 0. The van der Waals surface area contributed by atoms with Gasteiger partial charge in [-0.25, -0.2) is 0 Å². The Morgan fingerprint density at radius 2 is 1.50 bits per heavy atom. The normalized spacial score (nSPS) is 10.5. The lowest BCUT2D eigenvalue weighted by Gasteiger charge is -2.21. The first-order valence-electron chi connectivity index (χ1n) is 8.75. The number of amides is 1. The van der Waals surface area contributed by atoms with Crippen LogP contribution in [0.2, 0.25) is 0 Å². The highest BCUT2D eigenvalue weighted by atomic mass is 16.2. The third-order valence-corrected chi connectivity index (χ3v) is 4.33. The van der Waals surface area contributed by atoms with E-state index in [2.05, 4.69) is 0 Å². The number of hydrogen-bond acceptors (Lipinski definition) is 2. The molecule has 2 aromatic carbocycles. The zero-order valence-corrected chi connectivity index (χ0v) is 14.8. The van der Waals surface area contributed by atoms with Crippen LogP contribution in [0.5, 0.6) is 0 Å². The van der Waals surface area contributed by atoms with Gasteiger partial charge in [-0.1, -0.05) is 60.7 Å². The van der Waals surface area contributed by atoms with Gasteiger partial charge in [0.15, 0.2) is 0 Å². The van der Waals surface area contributed by atoms with Gasteiger partial charge >= 0.3 is 0 Å². The molecular weight excluding hydrogens is 324 g/mol. The summed E-state index contributed by atoms with van der Waals surface area (Å²) in [5.41, 5.74) is 2.02. The Morgan fingerprint density at radius 3 is 2.12 bits per heavy atom. The molecule has 4 nitrogen and oxygen atoms in total. The molecule has 1 aromatic heterocycles. The minimum Gasteiger partial charge on any atom is -0.334 e. The van der Waals surface area contributed by atoms with Crippen LogP contribution in [0.15, 0.2) is 83.8 Å². The highest BCUT2D eigenvalue weighted by Crippen LogP contribution is 2.08. The molecule has 0 saturated carbocycles. The molecule has 1 amide bonds. The zero-order chi connectivity index (χ0) is 18.4. The van der Waals surface area contributed by atoms with Gasteiger partial charge in [0, 0.05) is 19.3 Å². The van der Waals surface area contributed by atoms with Crippen molar-refractivity contribution in [3.05, 3.63) is 106 Å². The molecule has 0 spiro atoms. The van der Waals surface area contributed by atoms with E-state index in [-0.39, 0.29) is 17.0 Å². The molecule has 0 unspecified atom stereocenters. The minimum absolute atomic E-state index is 0.209. The van der Waals surface area contributed by atoms with Gasteiger partial charge in [0.05, 0.1) is 6.54 Å². The van der Waals surface area contributed by atoms with Gasteiger partial charge in [0.25, 0.3) is 11.5 Å². The molecule has 0 aliphatic carbocycles. The molecule has 3 rings (SSSR count). The first kappa shape index (κ1) is 17.7. The molecule has 0 radical (unpaired) electrons. The Labute approximate surface area is 153 Å². The highest BCUT2D eigenvalue weighted by Gasteiger charge is 2.18. The third kappa shape index (κ3) is 4.09. The number of aromatic nitrogens is 1. The molecule has 4 heteroatoms. The number of carbonyl (C=O) groups excluding carboxylic acids is 1. The second-order valence-electron chi connectivity index (χ2n) is 6.15. The van der Waals surface area contributed by atoms with E-state index in [1.165, 1.54) is 0 Å². The Bertz CT molecular complexity index is 918. The van der Waals surface area contributed by atoms with E-state index >= 15 is 0 Å². The van der Waals surface area contributed by atoms with E-state index in [0.717, 1.165) is 11.1 Å². The van der Waals surface area contributed by atoms with Crippen LogP contribution in [0.4, 0.5) is 0 Å². The average molecular weight is 346 g/mol. The summed E-state index contributed by atoms with van der Waals surface area (Å²) in [5.74, 6) is -0.233. The van der Waals surface area contributed by atoms with Crippen molar-refractivity contribution in [1.82, 2.24) is 9.47 Å². The molecular formula is C22H22N2O2. The minimum atomic E-state index is -0.257. The molecule has 0 fully saturated rings. The summed E-state index contributed by atoms with van der Waals surface area (Å²) in [7, 11) is 0. The van der Waals surface area contributed by atoms with E-state index in [0.29, 0.717) is 19.6 Å². The van der Waals surface area contributed by atoms with E-state index in [4.69, 9.17) is 0 Å². The van der Waals surface area contributed by atoms with Crippen LogP contribution in [0.25, 0.3) is 0 Å². The lowest BCUT2D eigenvalue weighted by atomic mass is 10.1. The predicted octanol–water partition coefficient (Wildman–Crippen LogP) is 3.56. The van der Waals surface area contributed by atoms with Crippen LogP contribution >= 0.6 is 0 Å². The monoisotopic (exact) mass is 346 g/mol. The maximum Gasteiger partial charge on any atom is 0.263 e. The van der Waals surface area contributed by atoms with Gasteiger partial charge in [-0.2, -0.15) is 0 Å². The summed E-state index contributed by atoms with van der Waals surface area (Å²) < 4.78 is 1.58. The Kier molecular flexibility index (Phi) is 5.64. The van der Waals surface area contributed by atoms with E-state index < -0.39 is 0 Å². The fourth-order valence-corrected chi connectivity index (χ4v) is 2.91. The molecule has 132 valence electrons. The summed E-state index contributed by atoms with van der Waals surface area (Å²) in [5, 5.41) is 0. The average Bonchev–Trinajstić information content (AvgIpc) is 2.69. The summed E-state index contributed by atoms with van der Waals surface area (Å²) >= 11 is 0. The van der Waals surface area contributed by atoms with Crippen LogP contribution in [-0.4, -0.2) is 21.9 Å². The quantitative estimate of drug-likeness (QED) is 0.685. The third-order valence-electron chi connectivity index (χ3n) is 4.33. The Balaban J connectivity index is 1.84. The van der Waals surface area contributed by atoms with Crippen molar-refractivity contribution in [3.63, 3.8) is 0 Å². The standard InChI is InChI=1S/C22H22N2O2/c1-2-23(16-18-10-5-3-6-11-18)21(25)20-14-9-15-24(22(20)26)17-19-12-7-4-8-13-19/h3-15H,2,16-17H2,1H3. The van der Waals surface area contributed by atoms with Gasteiger partial charge in [-0.3, -0.25) is 9.59 Å². The Hall–Kier alpha value is -3.14. The molecule has 0 atom stereocenters. The topological polar surface area (TPSA) is 42.3 Å². The van der Waals surface area contributed by atoms with Crippen molar-refractivity contribution in [1.29, 1.82) is 0 Å². The largest absolute Gasteiger partial charge is 0.334 e. The maximum absolute atomic E-state index is 12.9. The van der Waals surface area contributed by atoms with Crippen LogP contribution in [0.3, 0.4) is 0 Å². The zero-order valence-electron chi connectivity index (χ0n) is 14.8. The van der Waals surface area contributed by atoms with Crippen LogP contribution < -0.4 is 5.56 Å². The first-order chi connectivity index (χ1) is 12.7. The van der Waals surface area contributed by atoms with Crippen molar-refractivity contribution in [3.8, 4) is 0 Å². The molecule has 3 aromatic rings. The van der Waals surface area contributed by atoms with Crippen LogP contribution in [0, 0.1) is 0 Å². The van der Waals surface area contributed by atoms with Crippen LogP contribution in [0.1, 0.15) is 28.4 Å². The molecule has 0 N–H and O–H groups in total. The summed E-state index contributed by atoms with van der Waals surface area (Å²) in [4.78, 5) is 27.4. The molecule has 0 saturated heterocycles. The fourth-order valence-electron chi connectivity index (χ4n) is 2.91. The first-order valence-corrected chi connectivity index (χ1v) is 8.75. The van der Waals surface area contributed by atoms with Crippen molar-refractivity contribution in [2.45, 2.75) is 20.0 Å². The number of rotatable bonds is 6. The second-order valence-corrected chi connectivity index (χ2v) is 6.15. The van der Waals surface area contributed by atoms with Gasteiger partial charge in [0.2, 0.25) is 0 Å². The van der Waals surface area contributed by atoms with Crippen molar-refractivity contribution in [2.75, 3.05) is 6.54 Å². The predicted molar refractivity (Wildman–Crippen MR) is 103 cm³/mol. The molecule has 26 heavy (non-hydrogen) atoms. The molecule has 1 heterocycles. The van der Waals surface area contributed by atoms with Crippen molar-refractivity contribution in [2.24, 2.45) is 0 Å². The number of benzene rings is 2. The van der Waals surface area contributed by atoms with Gasteiger partial charge in [0.1, 0.15) is 5.56 Å². The molecule has 0 aliphatic heterocycles. The van der Waals surface area contributed by atoms with Crippen molar-refractivity contribution < 1.29 is 4.79 Å². The number of pyridine rings is 1. The fraction of sp³-hybridized carbons (Fsp3) is 0.182. The maximum atomic E-state index is 12.9. The SMILES string of the molecule is CCN(Cc1ccccc1)C(=O)c1cccn(Cc2ccccc2)c1=O. The second kappa shape index (κ2) is 8.30. The lowest BCUT2D eigenvalue weighted by Crippen LogP contribution is -2.36. The van der Waals surface area contributed by atoms with Crippen molar-refractivity contribution >= 4 is 5.91 Å².